The third-order valence-corrected chi connectivity index (χ3v) is 4.35. The molecule has 0 fully saturated rings. The minimum absolute atomic E-state index is 0.359. The molecule has 0 aliphatic rings. The van der Waals surface area contributed by atoms with Crippen molar-refractivity contribution in [1.82, 2.24) is 4.31 Å². The number of nitrogens with zero attached hydrogens (tertiary/aromatic N) is 1. The van der Waals surface area contributed by atoms with Gasteiger partial charge in [-0.3, -0.25) is 0 Å². The highest BCUT2D eigenvalue weighted by Gasteiger charge is 2.22. The maximum atomic E-state index is 12.3. The first kappa shape index (κ1) is 13.9. The summed E-state index contributed by atoms with van der Waals surface area (Å²) < 4.78 is 26.2. The lowest BCUT2D eigenvalue weighted by atomic mass is 10.4. The molecule has 1 rings (SSSR count). The quantitative estimate of drug-likeness (QED) is 0.701. The number of hydrogen-bond donors (Lipinski definition) is 0. The molecule has 0 spiro atoms. The fourth-order valence-electron chi connectivity index (χ4n) is 1.58. The minimum atomic E-state index is -3.35. The topological polar surface area (TPSA) is 37.4 Å². The molecular formula is C13H19NO2S. The molecule has 94 valence electrons. The number of sulfonamides is 1. The van der Waals surface area contributed by atoms with Crippen molar-refractivity contribution in [2.24, 2.45) is 0 Å². The van der Waals surface area contributed by atoms with Crippen LogP contribution in [0.15, 0.2) is 47.9 Å². The molecule has 17 heavy (non-hydrogen) atoms. The maximum Gasteiger partial charge on any atom is 0.243 e. The lowest BCUT2D eigenvalue weighted by Crippen LogP contribution is -2.32. The van der Waals surface area contributed by atoms with Gasteiger partial charge in [0, 0.05) is 13.1 Å². The summed E-state index contributed by atoms with van der Waals surface area (Å²) in [7, 11) is -3.35. The molecule has 0 amide bonds. The molecule has 0 aromatic heterocycles. The summed E-state index contributed by atoms with van der Waals surface area (Å²) in [5, 5.41) is 0. The Kier molecular flexibility index (Phi) is 5.38. The van der Waals surface area contributed by atoms with Gasteiger partial charge in [-0.25, -0.2) is 8.42 Å². The van der Waals surface area contributed by atoms with Gasteiger partial charge >= 0.3 is 0 Å². The fourth-order valence-corrected chi connectivity index (χ4v) is 3.15. The smallest absolute Gasteiger partial charge is 0.207 e. The summed E-state index contributed by atoms with van der Waals surface area (Å²) in [6, 6.07) is 8.56. The molecule has 4 heteroatoms. The first-order valence-electron chi connectivity index (χ1n) is 5.79. The third-order valence-electron chi connectivity index (χ3n) is 2.44. The van der Waals surface area contributed by atoms with Crippen LogP contribution in [0.4, 0.5) is 0 Å². The number of benzene rings is 1. The second-order valence-corrected chi connectivity index (χ2v) is 5.73. The van der Waals surface area contributed by atoms with Crippen LogP contribution in [0.5, 0.6) is 0 Å². The highest BCUT2D eigenvalue weighted by Crippen LogP contribution is 2.15. The zero-order valence-corrected chi connectivity index (χ0v) is 11.0. The zero-order valence-electron chi connectivity index (χ0n) is 10.2. The predicted molar refractivity (Wildman–Crippen MR) is 70.3 cm³/mol. The molecule has 0 heterocycles. The monoisotopic (exact) mass is 253 g/mol. The SMILES string of the molecule is C=CCCN(CCC)S(=O)(=O)c1ccccc1. The standard InChI is InChI=1S/C13H19NO2S/c1-3-5-12-14(11-4-2)17(15,16)13-9-7-6-8-10-13/h3,6-10H,1,4-5,11-12H2,2H3. The van der Waals surface area contributed by atoms with Gasteiger partial charge in [0.25, 0.3) is 0 Å². The fraction of sp³-hybridized carbons (Fsp3) is 0.385. The van der Waals surface area contributed by atoms with Crippen molar-refractivity contribution in [2.75, 3.05) is 13.1 Å². The van der Waals surface area contributed by atoms with E-state index in [1.165, 1.54) is 4.31 Å². The summed E-state index contributed by atoms with van der Waals surface area (Å²) in [5.41, 5.74) is 0. The molecule has 0 atom stereocenters. The normalized spacial score (nSPS) is 11.6. The van der Waals surface area contributed by atoms with Gasteiger partial charge in [-0.15, -0.1) is 6.58 Å². The van der Waals surface area contributed by atoms with Gasteiger partial charge in [0.05, 0.1) is 4.90 Å². The second kappa shape index (κ2) is 6.57. The van der Waals surface area contributed by atoms with Crippen LogP contribution in [-0.2, 0) is 10.0 Å². The lowest BCUT2D eigenvalue weighted by molar-refractivity contribution is 0.416. The van der Waals surface area contributed by atoms with Gasteiger partial charge in [0.15, 0.2) is 0 Å². The van der Waals surface area contributed by atoms with Crippen LogP contribution in [0.25, 0.3) is 0 Å². The van der Waals surface area contributed by atoms with E-state index in [1.54, 1.807) is 30.3 Å². The van der Waals surface area contributed by atoms with E-state index in [-0.39, 0.29) is 0 Å². The van der Waals surface area contributed by atoms with Crippen LogP contribution in [0.3, 0.4) is 0 Å². The Hall–Kier alpha value is -1.13. The minimum Gasteiger partial charge on any atom is -0.207 e. The van der Waals surface area contributed by atoms with E-state index in [4.69, 9.17) is 0 Å². The van der Waals surface area contributed by atoms with Crippen molar-refractivity contribution in [2.45, 2.75) is 24.7 Å². The first-order chi connectivity index (χ1) is 8.12. The van der Waals surface area contributed by atoms with Crippen molar-refractivity contribution >= 4 is 10.0 Å². The van der Waals surface area contributed by atoms with Crippen LogP contribution in [-0.4, -0.2) is 25.8 Å². The van der Waals surface area contributed by atoms with E-state index < -0.39 is 10.0 Å². The van der Waals surface area contributed by atoms with Crippen molar-refractivity contribution in [1.29, 1.82) is 0 Å². The van der Waals surface area contributed by atoms with E-state index in [0.717, 1.165) is 6.42 Å². The Morgan fingerprint density at radius 3 is 2.41 bits per heavy atom. The van der Waals surface area contributed by atoms with Gasteiger partial charge < -0.3 is 0 Å². The average molecular weight is 253 g/mol. The van der Waals surface area contributed by atoms with Crippen molar-refractivity contribution < 1.29 is 8.42 Å². The molecule has 1 aromatic rings. The van der Waals surface area contributed by atoms with E-state index in [1.807, 2.05) is 13.0 Å². The van der Waals surface area contributed by atoms with Crippen LogP contribution >= 0.6 is 0 Å². The molecule has 0 aliphatic heterocycles. The molecular weight excluding hydrogens is 234 g/mol. The van der Waals surface area contributed by atoms with Gasteiger partial charge in [-0.05, 0) is 25.0 Å². The molecule has 0 bridgehead atoms. The predicted octanol–water partition coefficient (Wildman–Crippen LogP) is 2.66. The van der Waals surface area contributed by atoms with Crippen LogP contribution in [0, 0.1) is 0 Å². The van der Waals surface area contributed by atoms with E-state index in [9.17, 15) is 8.42 Å². The Labute approximate surface area is 104 Å². The molecule has 0 N–H and O–H groups in total. The Morgan fingerprint density at radius 1 is 1.24 bits per heavy atom. The summed E-state index contributed by atoms with van der Waals surface area (Å²) in [5.74, 6) is 0. The number of hydrogen-bond acceptors (Lipinski definition) is 2. The summed E-state index contributed by atoms with van der Waals surface area (Å²) in [6.07, 6.45) is 3.22. The van der Waals surface area contributed by atoms with Crippen molar-refractivity contribution in [3.05, 3.63) is 43.0 Å². The molecule has 3 nitrogen and oxygen atoms in total. The lowest BCUT2D eigenvalue weighted by Gasteiger charge is -2.20. The largest absolute Gasteiger partial charge is 0.243 e. The third kappa shape index (κ3) is 3.68. The van der Waals surface area contributed by atoms with Gasteiger partial charge in [0.2, 0.25) is 10.0 Å². The highest BCUT2D eigenvalue weighted by molar-refractivity contribution is 7.89. The Balaban J connectivity index is 2.95. The highest BCUT2D eigenvalue weighted by atomic mass is 32.2. The molecule has 1 aromatic carbocycles. The van der Waals surface area contributed by atoms with Crippen molar-refractivity contribution in [3.63, 3.8) is 0 Å². The Bertz CT molecular complexity index is 440. The molecule has 0 unspecified atom stereocenters. The molecule has 0 radical (unpaired) electrons. The number of rotatable bonds is 7. The Morgan fingerprint density at radius 2 is 1.88 bits per heavy atom. The van der Waals surface area contributed by atoms with E-state index in [2.05, 4.69) is 6.58 Å². The first-order valence-corrected chi connectivity index (χ1v) is 7.23. The van der Waals surface area contributed by atoms with Crippen LogP contribution in [0.1, 0.15) is 19.8 Å². The molecule has 0 saturated heterocycles. The van der Waals surface area contributed by atoms with E-state index in [0.29, 0.717) is 24.4 Å². The average Bonchev–Trinajstić information content (AvgIpc) is 2.35. The van der Waals surface area contributed by atoms with Gasteiger partial charge in [-0.1, -0.05) is 31.2 Å². The van der Waals surface area contributed by atoms with E-state index >= 15 is 0 Å². The van der Waals surface area contributed by atoms with Crippen LogP contribution in [0.2, 0.25) is 0 Å². The summed E-state index contributed by atoms with van der Waals surface area (Å²) in [4.78, 5) is 0.359. The molecule has 0 aliphatic carbocycles. The van der Waals surface area contributed by atoms with Crippen LogP contribution < -0.4 is 0 Å². The van der Waals surface area contributed by atoms with Gasteiger partial charge in [0.1, 0.15) is 0 Å². The van der Waals surface area contributed by atoms with Crippen molar-refractivity contribution in [3.8, 4) is 0 Å². The second-order valence-electron chi connectivity index (χ2n) is 3.79. The summed E-state index contributed by atoms with van der Waals surface area (Å²) >= 11 is 0. The molecule has 0 saturated carbocycles. The maximum absolute atomic E-state index is 12.3. The zero-order chi connectivity index (χ0) is 12.7. The summed E-state index contributed by atoms with van der Waals surface area (Å²) in [6.45, 7) is 6.64. The van der Waals surface area contributed by atoms with Gasteiger partial charge in [-0.2, -0.15) is 4.31 Å².